The molecule has 0 heterocycles. The Hall–Kier alpha value is -1.00. The first kappa shape index (κ1) is 16.4. The molecule has 1 saturated carbocycles. The number of nitrogens with one attached hydrogen (secondary N) is 1. The second-order valence-corrected chi connectivity index (χ2v) is 5.80. The molecule has 1 aliphatic rings. The molecule has 0 radical (unpaired) electrons. The van der Waals surface area contributed by atoms with Gasteiger partial charge in [0.05, 0.1) is 0 Å². The first-order chi connectivity index (χ1) is 10.2. The summed E-state index contributed by atoms with van der Waals surface area (Å²) in [6.07, 6.45) is 4.34. The fourth-order valence-corrected chi connectivity index (χ4v) is 2.81. The largest absolute Gasteiger partial charge is 0.310 e. The lowest BCUT2D eigenvalue weighted by Gasteiger charge is -2.25. The Morgan fingerprint density at radius 3 is 2.67 bits per heavy atom. The van der Waals surface area contributed by atoms with Crippen molar-refractivity contribution in [1.82, 2.24) is 10.2 Å². The number of rotatable bonds is 9. The van der Waals surface area contributed by atoms with Gasteiger partial charge in [0.1, 0.15) is 0 Å². The van der Waals surface area contributed by atoms with Crippen LogP contribution in [0.5, 0.6) is 0 Å². The molecule has 1 aromatic carbocycles. The van der Waals surface area contributed by atoms with E-state index < -0.39 is 11.6 Å². The standard InChI is InChI=1S/C17H26F2N2/c1-3-11-20-16(10-12-21(4-2)13-8-9-13)14-6-5-7-15(18)17(14)19/h5-7,13,16,20H,3-4,8-12H2,1-2H3. The monoisotopic (exact) mass is 296 g/mol. The van der Waals surface area contributed by atoms with Gasteiger partial charge in [0.25, 0.3) is 0 Å². The minimum absolute atomic E-state index is 0.117. The van der Waals surface area contributed by atoms with Crippen LogP contribution in [0.3, 0.4) is 0 Å². The second kappa shape index (κ2) is 7.85. The van der Waals surface area contributed by atoms with Crippen LogP contribution in [0.15, 0.2) is 18.2 Å². The highest BCUT2D eigenvalue weighted by Gasteiger charge is 2.28. The third-order valence-electron chi connectivity index (χ3n) is 4.17. The van der Waals surface area contributed by atoms with E-state index in [4.69, 9.17) is 0 Å². The summed E-state index contributed by atoms with van der Waals surface area (Å²) in [7, 11) is 0. The maximum atomic E-state index is 14.0. The molecule has 1 atom stereocenters. The van der Waals surface area contributed by atoms with Gasteiger partial charge in [-0.3, -0.25) is 0 Å². The molecule has 0 aromatic heterocycles. The van der Waals surface area contributed by atoms with Gasteiger partial charge in [-0.2, -0.15) is 0 Å². The van der Waals surface area contributed by atoms with Gasteiger partial charge < -0.3 is 10.2 Å². The van der Waals surface area contributed by atoms with Gasteiger partial charge in [-0.1, -0.05) is 26.0 Å². The van der Waals surface area contributed by atoms with E-state index in [1.165, 1.54) is 18.9 Å². The summed E-state index contributed by atoms with van der Waals surface area (Å²) < 4.78 is 27.5. The molecule has 2 rings (SSSR count). The van der Waals surface area contributed by atoms with Gasteiger partial charge in [0, 0.05) is 24.2 Å². The third-order valence-corrected chi connectivity index (χ3v) is 4.17. The predicted molar refractivity (Wildman–Crippen MR) is 82.3 cm³/mol. The Morgan fingerprint density at radius 2 is 2.05 bits per heavy atom. The van der Waals surface area contributed by atoms with Crippen LogP contribution in [0.1, 0.15) is 51.1 Å². The highest BCUT2D eigenvalue weighted by molar-refractivity contribution is 5.22. The molecule has 1 unspecified atom stereocenters. The number of hydrogen-bond acceptors (Lipinski definition) is 2. The quantitative estimate of drug-likeness (QED) is 0.744. The van der Waals surface area contributed by atoms with Crippen molar-refractivity contribution in [2.45, 2.75) is 51.6 Å². The SMILES string of the molecule is CCCNC(CCN(CC)C1CC1)c1cccc(F)c1F. The zero-order valence-electron chi connectivity index (χ0n) is 13.0. The van der Waals surface area contributed by atoms with Crippen molar-refractivity contribution >= 4 is 0 Å². The minimum atomic E-state index is -0.759. The average Bonchev–Trinajstić information content (AvgIpc) is 3.31. The first-order valence-corrected chi connectivity index (χ1v) is 8.08. The lowest BCUT2D eigenvalue weighted by molar-refractivity contribution is 0.257. The fourth-order valence-electron chi connectivity index (χ4n) is 2.81. The first-order valence-electron chi connectivity index (χ1n) is 8.08. The van der Waals surface area contributed by atoms with Crippen LogP contribution >= 0.6 is 0 Å². The van der Waals surface area contributed by atoms with Gasteiger partial charge in [-0.05, 0) is 44.8 Å². The van der Waals surface area contributed by atoms with E-state index in [1.54, 1.807) is 12.1 Å². The molecule has 1 aliphatic carbocycles. The van der Waals surface area contributed by atoms with Crippen molar-refractivity contribution in [2.24, 2.45) is 0 Å². The van der Waals surface area contributed by atoms with E-state index in [2.05, 4.69) is 24.1 Å². The molecule has 0 amide bonds. The normalized spacial score (nSPS) is 16.4. The minimum Gasteiger partial charge on any atom is -0.310 e. The summed E-state index contributed by atoms with van der Waals surface area (Å²) in [4.78, 5) is 2.44. The highest BCUT2D eigenvalue weighted by atomic mass is 19.2. The molecule has 1 fully saturated rings. The molecule has 21 heavy (non-hydrogen) atoms. The molecular weight excluding hydrogens is 270 g/mol. The van der Waals surface area contributed by atoms with E-state index >= 15 is 0 Å². The lowest BCUT2D eigenvalue weighted by Crippen LogP contribution is -2.31. The van der Waals surface area contributed by atoms with Crippen LogP contribution in [0.2, 0.25) is 0 Å². The van der Waals surface area contributed by atoms with Gasteiger partial charge in [0.15, 0.2) is 11.6 Å². The molecule has 118 valence electrons. The van der Waals surface area contributed by atoms with Crippen LogP contribution < -0.4 is 5.32 Å². The highest BCUT2D eigenvalue weighted by Crippen LogP contribution is 2.28. The fraction of sp³-hybridized carbons (Fsp3) is 0.647. The van der Waals surface area contributed by atoms with E-state index in [0.29, 0.717) is 11.6 Å². The molecule has 0 spiro atoms. The Morgan fingerprint density at radius 1 is 1.29 bits per heavy atom. The summed E-state index contributed by atoms with van der Waals surface area (Å²) in [5, 5.41) is 3.36. The maximum absolute atomic E-state index is 14.0. The third kappa shape index (κ3) is 4.48. The number of halogens is 2. The summed E-state index contributed by atoms with van der Waals surface area (Å²) in [5.74, 6) is -1.47. The van der Waals surface area contributed by atoms with Gasteiger partial charge in [-0.25, -0.2) is 8.78 Å². The van der Waals surface area contributed by atoms with Crippen molar-refractivity contribution in [3.8, 4) is 0 Å². The Bertz CT molecular complexity index is 446. The summed E-state index contributed by atoms with van der Waals surface area (Å²) in [6, 6.07) is 5.05. The van der Waals surface area contributed by atoms with Crippen LogP contribution in [0.25, 0.3) is 0 Å². The van der Waals surface area contributed by atoms with Crippen molar-refractivity contribution in [3.63, 3.8) is 0 Å². The van der Waals surface area contributed by atoms with Crippen molar-refractivity contribution in [2.75, 3.05) is 19.6 Å². The molecule has 0 bridgehead atoms. The van der Waals surface area contributed by atoms with Gasteiger partial charge in [-0.15, -0.1) is 0 Å². The molecular formula is C17H26F2N2. The van der Waals surface area contributed by atoms with E-state index in [-0.39, 0.29) is 6.04 Å². The topological polar surface area (TPSA) is 15.3 Å². The molecule has 2 nitrogen and oxygen atoms in total. The molecule has 1 N–H and O–H groups in total. The zero-order chi connectivity index (χ0) is 15.2. The smallest absolute Gasteiger partial charge is 0.163 e. The summed E-state index contributed by atoms with van der Waals surface area (Å²) in [6.45, 7) is 7.01. The lowest BCUT2D eigenvalue weighted by atomic mass is 10.0. The maximum Gasteiger partial charge on any atom is 0.163 e. The van der Waals surface area contributed by atoms with Gasteiger partial charge >= 0.3 is 0 Å². The van der Waals surface area contributed by atoms with Gasteiger partial charge in [0.2, 0.25) is 0 Å². The van der Waals surface area contributed by atoms with Crippen LogP contribution in [-0.4, -0.2) is 30.6 Å². The molecule has 4 heteroatoms. The molecule has 0 saturated heterocycles. The van der Waals surface area contributed by atoms with Crippen molar-refractivity contribution < 1.29 is 8.78 Å². The van der Waals surface area contributed by atoms with E-state index in [0.717, 1.165) is 32.5 Å². The van der Waals surface area contributed by atoms with Crippen LogP contribution in [0, 0.1) is 11.6 Å². The molecule has 1 aromatic rings. The van der Waals surface area contributed by atoms with E-state index in [9.17, 15) is 8.78 Å². The summed E-state index contributed by atoms with van der Waals surface area (Å²) in [5.41, 5.74) is 0.454. The van der Waals surface area contributed by atoms with Crippen molar-refractivity contribution in [3.05, 3.63) is 35.4 Å². The van der Waals surface area contributed by atoms with Crippen molar-refractivity contribution in [1.29, 1.82) is 0 Å². The van der Waals surface area contributed by atoms with E-state index in [1.807, 2.05) is 0 Å². The number of nitrogens with zero attached hydrogens (tertiary/aromatic N) is 1. The average molecular weight is 296 g/mol. The predicted octanol–water partition coefficient (Wildman–Crippen LogP) is 3.88. The Balaban J connectivity index is 2.04. The zero-order valence-corrected chi connectivity index (χ0v) is 13.0. The Labute approximate surface area is 126 Å². The van der Waals surface area contributed by atoms with Crippen LogP contribution in [0.4, 0.5) is 8.78 Å². The Kier molecular flexibility index (Phi) is 6.12. The molecule has 0 aliphatic heterocycles. The number of benzene rings is 1. The summed E-state index contributed by atoms with van der Waals surface area (Å²) >= 11 is 0. The number of hydrogen-bond donors (Lipinski definition) is 1. The second-order valence-electron chi connectivity index (χ2n) is 5.80. The van der Waals surface area contributed by atoms with Crippen LogP contribution in [-0.2, 0) is 0 Å².